The Hall–Kier alpha value is -6.17. The molecule has 236 valence electrons. The minimum Gasteiger partial charge on any atom is -0.455 e. The molecule has 0 bridgehead atoms. The van der Waals surface area contributed by atoms with E-state index in [0.717, 1.165) is 55.1 Å². The van der Waals surface area contributed by atoms with Gasteiger partial charge >= 0.3 is 0 Å². The molecule has 1 aliphatic heterocycles. The smallest absolute Gasteiger partial charge is 0.164 e. The Morgan fingerprint density at radius 1 is 0.460 bits per heavy atom. The van der Waals surface area contributed by atoms with Crippen molar-refractivity contribution in [3.05, 3.63) is 152 Å². The first-order valence-corrected chi connectivity index (χ1v) is 20.0. The van der Waals surface area contributed by atoms with Crippen LogP contribution in [0.15, 0.2) is 156 Å². The first-order chi connectivity index (χ1) is 24.5. The summed E-state index contributed by atoms with van der Waals surface area (Å²) in [5, 5.41) is 7.20. The molecule has 3 heterocycles. The van der Waals surface area contributed by atoms with E-state index >= 15 is 0 Å². The van der Waals surface area contributed by atoms with Crippen LogP contribution in [0, 0.1) is 0 Å². The summed E-state index contributed by atoms with van der Waals surface area (Å²) in [6.07, 6.45) is 0. The van der Waals surface area contributed by atoms with Gasteiger partial charge in [-0.25, -0.2) is 15.0 Å². The maximum absolute atomic E-state index is 6.80. The highest BCUT2D eigenvalue weighted by molar-refractivity contribution is 7.04. The van der Waals surface area contributed by atoms with Gasteiger partial charge in [0.25, 0.3) is 0 Å². The normalized spacial score (nSPS) is 13.2. The predicted octanol–water partition coefficient (Wildman–Crippen LogP) is 10.4. The summed E-state index contributed by atoms with van der Waals surface area (Å²) >= 11 is 0. The Balaban J connectivity index is 1.28. The molecule has 1 aliphatic rings. The second-order valence-electron chi connectivity index (χ2n) is 13.6. The fourth-order valence-electron chi connectivity index (χ4n) is 7.78. The molecule has 0 atom stereocenters. The average Bonchev–Trinajstić information content (AvgIpc) is 3.67. The van der Waals surface area contributed by atoms with Crippen LogP contribution >= 0.6 is 0 Å². The van der Waals surface area contributed by atoms with Crippen LogP contribution in [0.5, 0.6) is 0 Å². The molecule has 2 aromatic heterocycles. The van der Waals surface area contributed by atoms with E-state index in [-0.39, 0.29) is 0 Å². The summed E-state index contributed by atoms with van der Waals surface area (Å²) in [5.74, 6) is 1.92. The lowest BCUT2D eigenvalue weighted by molar-refractivity contribution is 0.670. The Morgan fingerprint density at radius 3 is 1.98 bits per heavy atom. The minimum atomic E-state index is -2.07. The van der Waals surface area contributed by atoms with Crippen molar-refractivity contribution in [2.24, 2.45) is 0 Å². The first kappa shape index (κ1) is 28.8. The van der Waals surface area contributed by atoms with Gasteiger partial charge in [0.15, 0.2) is 17.5 Å². The van der Waals surface area contributed by atoms with E-state index in [4.69, 9.17) is 19.4 Å². The predicted molar refractivity (Wildman–Crippen MR) is 209 cm³/mol. The van der Waals surface area contributed by atoms with Crippen LogP contribution in [0.25, 0.3) is 89.1 Å². The summed E-state index contributed by atoms with van der Waals surface area (Å²) in [7, 11) is -2.07. The molecule has 4 nitrogen and oxygen atoms in total. The zero-order valence-electron chi connectivity index (χ0n) is 27.7. The van der Waals surface area contributed by atoms with E-state index in [2.05, 4.69) is 153 Å². The highest BCUT2D eigenvalue weighted by Gasteiger charge is 2.40. The van der Waals surface area contributed by atoms with Crippen LogP contribution in [-0.4, -0.2) is 23.0 Å². The number of hydrogen-bond donors (Lipinski definition) is 0. The van der Waals surface area contributed by atoms with Crippen LogP contribution in [0.3, 0.4) is 0 Å². The van der Waals surface area contributed by atoms with Crippen molar-refractivity contribution in [1.82, 2.24) is 15.0 Å². The minimum absolute atomic E-state index is 0.636. The summed E-state index contributed by atoms with van der Waals surface area (Å²) in [4.78, 5) is 15.8. The highest BCUT2D eigenvalue weighted by atomic mass is 28.3. The zero-order valence-corrected chi connectivity index (χ0v) is 28.7. The SMILES string of the molecule is C[Si]1(C)c2ccccc2-c2c1cc(-c1nc(-c3cccc(-c4ccccc4)c3)nc(-c3ccc4ccccc4c3)n1)c1c2oc2ccccc21. The highest BCUT2D eigenvalue weighted by Crippen LogP contribution is 2.43. The molecule has 5 heteroatoms. The molecule has 50 heavy (non-hydrogen) atoms. The van der Waals surface area contributed by atoms with Gasteiger partial charge in [0.2, 0.25) is 0 Å². The lowest BCUT2D eigenvalue weighted by atomic mass is 9.98. The van der Waals surface area contributed by atoms with Gasteiger partial charge in [-0.05, 0) is 62.1 Å². The van der Waals surface area contributed by atoms with E-state index in [9.17, 15) is 0 Å². The number of rotatable bonds is 4. The molecule has 9 aromatic rings. The molecule has 0 radical (unpaired) electrons. The number of hydrogen-bond acceptors (Lipinski definition) is 4. The number of nitrogens with zero attached hydrogens (tertiary/aromatic N) is 3. The van der Waals surface area contributed by atoms with Crippen molar-refractivity contribution < 1.29 is 4.42 Å². The Bertz CT molecular complexity index is 2800. The largest absolute Gasteiger partial charge is 0.455 e. The molecular formula is C45H31N3OSi. The van der Waals surface area contributed by atoms with Crippen molar-refractivity contribution in [3.63, 3.8) is 0 Å². The van der Waals surface area contributed by atoms with Crippen molar-refractivity contribution in [2.45, 2.75) is 13.1 Å². The van der Waals surface area contributed by atoms with Crippen molar-refractivity contribution in [1.29, 1.82) is 0 Å². The van der Waals surface area contributed by atoms with Gasteiger partial charge in [-0.2, -0.15) is 0 Å². The molecule has 0 N–H and O–H groups in total. The number of furan rings is 1. The zero-order chi connectivity index (χ0) is 33.4. The maximum Gasteiger partial charge on any atom is 0.164 e. The molecule has 0 unspecified atom stereocenters. The van der Waals surface area contributed by atoms with Gasteiger partial charge in [-0.1, -0.05) is 140 Å². The number of benzene rings is 7. The monoisotopic (exact) mass is 657 g/mol. The van der Waals surface area contributed by atoms with E-state index in [1.54, 1.807) is 0 Å². The lowest BCUT2D eigenvalue weighted by Gasteiger charge is -2.19. The molecule has 0 amide bonds. The van der Waals surface area contributed by atoms with Gasteiger partial charge in [0, 0.05) is 33.0 Å². The average molecular weight is 658 g/mol. The van der Waals surface area contributed by atoms with E-state index in [1.807, 2.05) is 12.1 Å². The van der Waals surface area contributed by atoms with Gasteiger partial charge in [-0.15, -0.1) is 0 Å². The fraction of sp³-hybridized carbons (Fsp3) is 0.0444. The maximum atomic E-state index is 6.80. The summed E-state index contributed by atoms with van der Waals surface area (Å²) in [5.41, 5.74) is 9.39. The third-order valence-corrected chi connectivity index (χ3v) is 13.8. The van der Waals surface area contributed by atoms with Crippen molar-refractivity contribution >= 4 is 51.2 Å². The van der Waals surface area contributed by atoms with E-state index in [1.165, 1.54) is 26.9 Å². The topological polar surface area (TPSA) is 51.8 Å². The second-order valence-corrected chi connectivity index (χ2v) is 18.0. The van der Waals surface area contributed by atoms with Gasteiger partial charge in [0.05, 0.1) is 0 Å². The quantitative estimate of drug-likeness (QED) is 0.177. The first-order valence-electron chi connectivity index (χ1n) is 17.0. The van der Waals surface area contributed by atoms with Crippen LogP contribution in [0.1, 0.15) is 0 Å². The second kappa shape index (κ2) is 10.9. The van der Waals surface area contributed by atoms with Crippen molar-refractivity contribution in [2.75, 3.05) is 0 Å². The Morgan fingerprint density at radius 2 is 1.12 bits per heavy atom. The molecular weight excluding hydrogens is 627 g/mol. The van der Waals surface area contributed by atoms with Crippen LogP contribution < -0.4 is 10.4 Å². The van der Waals surface area contributed by atoms with Gasteiger partial charge in [-0.3, -0.25) is 0 Å². The molecule has 0 saturated heterocycles. The number of aromatic nitrogens is 3. The van der Waals surface area contributed by atoms with Crippen molar-refractivity contribution in [3.8, 4) is 56.4 Å². The number of para-hydroxylation sites is 1. The third-order valence-electron chi connectivity index (χ3n) is 10.3. The Labute approximate surface area is 290 Å². The van der Waals surface area contributed by atoms with E-state index < -0.39 is 8.07 Å². The third kappa shape index (κ3) is 4.40. The summed E-state index contributed by atoms with van der Waals surface area (Å²) in [6, 6.07) is 53.3. The van der Waals surface area contributed by atoms with Crippen LogP contribution in [0.2, 0.25) is 13.1 Å². The molecule has 7 aromatic carbocycles. The molecule has 10 rings (SSSR count). The molecule has 0 spiro atoms. The lowest BCUT2D eigenvalue weighted by Crippen LogP contribution is -2.49. The van der Waals surface area contributed by atoms with Gasteiger partial charge < -0.3 is 4.42 Å². The van der Waals surface area contributed by atoms with E-state index in [0.29, 0.717) is 17.5 Å². The number of fused-ring (bicyclic) bond motifs is 8. The summed E-state index contributed by atoms with van der Waals surface area (Å²) in [6.45, 7) is 4.87. The molecule has 0 aliphatic carbocycles. The molecule has 0 fully saturated rings. The fourth-order valence-corrected chi connectivity index (χ4v) is 10.8. The Kier molecular flexibility index (Phi) is 6.29. The van der Waals surface area contributed by atoms with Crippen LogP contribution in [-0.2, 0) is 0 Å². The standard InChI is InChI=1S/C45H31N3OSi/c1-50(2)38-22-11-9-20-35(38)41-39(50)27-36(40-34-19-8-10-21-37(34)49-42(40)41)45-47-43(32-18-12-17-31(25-32)28-13-4-3-5-14-28)46-44(48-45)33-24-23-29-15-6-7-16-30(29)26-33/h3-27H,1-2H3. The van der Waals surface area contributed by atoms with Gasteiger partial charge in [0.1, 0.15) is 19.2 Å². The molecule has 0 saturated carbocycles. The summed E-state index contributed by atoms with van der Waals surface area (Å²) < 4.78 is 6.80. The van der Waals surface area contributed by atoms with Crippen LogP contribution in [0.4, 0.5) is 0 Å².